The lowest BCUT2D eigenvalue weighted by molar-refractivity contribution is -0.137. The molecule has 0 aromatic rings. The Morgan fingerprint density at radius 1 is 0.667 bits per heavy atom. The minimum atomic E-state index is -0.687. The highest BCUT2D eigenvalue weighted by molar-refractivity contribution is 5.66. The smallest absolute Gasteiger partial charge is 0.303 e. The van der Waals surface area contributed by atoms with Crippen molar-refractivity contribution in [3.63, 3.8) is 0 Å². The maximum Gasteiger partial charge on any atom is 0.303 e. The van der Waals surface area contributed by atoms with Crippen molar-refractivity contribution in [3.05, 3.63) is 48.6 Å². The van der Waals surface area contributed by atoms with Crippen LogP contribution < -0.4 is 0 Å². The van der Waals surface area contributed by atoms with Gasteiger partial charge in [-0.05, 0) is 51.4 Å². The van der Waals surface area contributed by atoms with Crippen LogP contribution in [0.25, 0.3) is 0 Å². The Morgan fingerprint density at radius 2 is 1.12 bits per heavy atom. The zero-order chi connectivity index (χ0) is 17.7. The molecule has 24 heavy (non-hydrogen) atoms. The quantitative estimate of drug-likeness (QED) is 0.244. The Kier molecular flexibility index (Phi) is 18.2. The minimum absolute atomic E-state index is 0.300. The van der Waals surface area contributed by atoms with Crippen molar-refractivity contribution in [2.75, 3.05) is 0 Å². The molecule has 0 unspecified atom stereocenters. The molecule has 0 aliphatic carbocycles. The molecule has 0 radical (unpaired) electrons. The zero-order valence-corrected chi connectivity index (χ0v) is 15.5. The van der Waals surface area contributed by atoms with Gasteiger partial charge in [-0.3, -0.25) is 4.79 Å². The zero-order valence-electron chi connectivity index (χ0n) is 15.5. The van der Waals surface area contributed by atoms with Gasteiger partial charge in [0.1, 0.15) is 0 Å². The molecule has 0 aliphatic rings. The predicted molar refractivity (Wildman–Crippen MR) is 105 cm³/mol. The second kappa shape index (κ2) is 19.5. The van der Waals surface area contributed by atoms with E-state index in [0.29, 0.717) is 6.42 Å². The number of unbranched alkanes of at least 4 members (excludes halogenated alkanes) is 6. The Hall–Kier alpha value is -1.57. The van der Waals surface area contributed by atoms with Crippen molar-refractivity contribution in [2.45, 2.75) is 84.0 Å². The van der Waals surface area contributed by atoms with E-state index >= 15 is 0 Å². The lowest BCUT2D eigenvalue weighted by Gasteiger charge is -1.94. The number of carbonyl (C=O) groups is 1. The summed E-state index contributed by atoms with van der Waals surface area (Å²) < 4.78 is 0. The summed E-state index contributed by atoms with van der Waals surface area (Å²) >= 11 is 0. The normalized spacial score (nSPS) is 12.4. The van der Waals surface area contributed by atoms with Crippen molar-refractivity contribution in [2.24, 2.45) is 0 Å². The molecule has 1 N–H and O–H groups in total. The fourth-order valence-electron chi connectivity index (χ4n) is 2.28. The summed E-state index contributed by atoms with van der Waals surface area (Å²) in [6, 6.07) is 0. The van der Waals surface area contributed by atoms with Crippen LogP contribution >= 0.6 is 0 Å². The molecule has 2 nitrogen and oxygen atoms in total. The minimum Gasteiger partial charge on any atom is -0.481 e. The van der Waals surface area contributed by atoms with E-state index in [0.717, 1.165) is 44.9 Å². The SMILES string of the molecule is CCCCC/C=C/C/C=C/C/C=C/C/C=C/CCCCCC(=O)O. The maximum absolute atomic E-state index is 10.4. The van der Waals surface area contributed by atoms with Crippen LogP contribution in [0.2, 0.25) is 0 Å². The second-order valence-corrected chi connectivity index (χ2v) is 6.08. The summed E-state index contributed by atoms with van der Waals surface area (Å²) in [5, 5.41) is 8.53. The largest absolute Gasteiger partial charge is 0.481 e. The van der Waals surface area contributed by atoms with Gasteiger partial charge in [0.2, 0.25) is 0 Å². The van der Waals surface area contributed by atoms with E-state index in [1.54, 1.807) is 0 Å². The summed E-state index contributed by atoms with van der Waals surface area (Å²) in [4.78, 5) is 10.4. The molecule has 0 bridgehead atoms. The molecular weight excluding hydrogens is 296 g/mol. The van der Waals surface area contributed by atoms with E-state index in [-0.39, 0.29) is 0 Å². The third-order valence-electron chi connectivity index (χ3n) is 3.72. The second-order valence-electron chi connectivity index (χ2n) is 6.08. The summed E-state index contributed by atoms with van der Waals surface area (Å²) in [7, 11) is 0. The third kappa shape index (κ3) is 20.4. The van der Waals surface area contributed by atoms with Crippen LogP contribution in [-0.4, -0.2) is 11.1 Å². The Morgan fingerprint density at radius 3 is 1.58 bits per heavy atom. The average Bonchev–Trinajstić information content (AvgIpc) is 2.56. The number of allylic oxidation sites excluding steroid dienone is 8. The standard InChI is InChI=1S/C22H36O2/c1-2-3-4-5-6-7-8-9-10-11-12-13-14-15-16-17-18-19-20-21-22(23)24/h6-7,9-10,12-13,15-16H,2-5,8,11,14,17-21H2,1H3,(H,23,24)/b7-6+,10-9+,13-12+,16-15+. The summed E-state index contributed by atoms with van der Waals surface area (Å²) in [6.45, 7) is 2.24. The fraction of sp³-hybridized carbons (Fsp3) is 0.591. The molecule has 0 heterocycles. The molecule has 0 aromatic carbocycles. The van der Waals surface area contributed by atoms with Gasteiger partial charge in [0, 0.05) is 6.42 Å². The number of aliphatic carboxylic acids is 1. The number of carboxylic acid groups (broad SMARTS) is 1. The van der Waals surface area contributed by atoms with E-state index in [1.165, 1.54) is 25.7 Å². The number of carboxylic acids is 1. The lowest BCUT2D eigenvalue weighted by atomic mass is 10.1. The van der Waals surface area contributed by atoms with E-state index in [9.17, 15) is 4.79 Å². The lowest BCUT2D eigenvalue weighted by Crippen LogP contribution is -1.93. The molecule has 0 aromatic heterocycles. The Labute approximate surface area is 149 Å². The number of hydrogen-bond acceptors (Lipinski definition) is 1. The van der Waals surface area contributed by atoms with E-state index < -0.39 is 5.97 Å². The molecule has 0 aliphatic heterocycles. The summed E-state index contributed by atoms with van der Waals surface area (Å²) in [5.41, 5.74) is 0. The van der Waals surface area contributed by atoms with Crippen LogP contribution in [0.1, 0.15) is 84.0 Å². The molecule has 2 heteroatoms. The molecule has 0 atom stereocenters. The van der Waals surface area contributed by atoms with E-state index in [4.69, 9.17) is 5.11 Å². The third-order valence-corrected chi connectivity index (χ3v) is 3.72. The van der Waals surface area contributed by atoms with Gasteiger partial charge in [-0.2, -0.15) is 0 Å². The summed E-state index contributed by atoms with van der Waals surface area (Å²) in [5.74, 6) is -0.687. The van der Waals surface area contributed by atoms with Gasteiger partial charge in [0.15, 0.2) is 0 Å². The molecular formula is C22H36O2. The van der Waals surface area contributed by atoms with Crippen LogP contribution in [0.15, 0.2) is 48.6 Å². The average molecular weight is 333 g/mol. The molecule has 0 fully saturated rings. The highest BCUT2D eigenvalue weighted by Gasteiger charge is 1.94. The predicted octanol–water partition coefficient (Wildman–Crippen LogP) is 7.00. The van der Waals surface area contributed by atoms with Crippen molar-refractivity contribution in [1.82, 2.24) is 0 Å². The van der Waals surface area contributed by atoms with Gasteiger partial charge in [0.25, 0.3) is 0 Å². The monoisotopic (exact) mass is 332 g/mol. The van der Waals surface area contributed by atoms with Gasteiger partial charge >= 0.3 is 5.97 Å². The maximum atomic E-state index is 10.4. The van der Waals surface area contributed by atoms with Crippen molar-refractivity contribution >= 4 is 5.97 Å². The van der Waals surface area contributed by atoms with Gasteiger partial charge in [-0.15, -0.1) is 0 Å². The van der Waals surface area contributed by atoms with Crippen molar-refractivity contribution < 1.29 is 9.90 Å². The topological polar surface area (TPSA) is 37.3 Å². The van der Waals surface area contributed by atoms with Crippen LogP contribution in [0.3, 0.4) is 0 Å². The molecule has 0 saturated heterocycles. The highest BCUT2D eigenvalue weighted by atomic mass is 16.4. The van der Waals surface area contributed by atoms with Crippen LogP contribution in [0.4, 0.5) is 0 Å². The molecule has 0 rings (SSSR count). The van der Waals surface area contributed by atoms with Gasteiger partial charge in [0.05, 0.1) is 0 Å². The molecule has 136 valence electrons. The number of hydrogen-bond donors (Lipinski definition) is 1. The van der Waals surface area contributed by atoms with Gasteiger partial charge in [-0.25, -0.2) is 0 Å². The van der Waals surface area contributed by atoms with Crippen LogP contribution in [0.5, 0.6) is 0 Å². The van der Waals surface area contributed by atoms with E-state index in [2.05, 4.69) is 55.5 Å². The molecule has 0 amide bonds. The highest BCUT2D eigenvalue weighted by Crippen LogP contribution is 2.04. The molecule has 0 saturated carbocycles. The first-order chi connectivity index (χ1) is 11.8. The van der Waals surface area contributed by atoms with Gasteiger partial charge < -0.3 is 5.11 Å². The first-order valence-corrected chi connectivity index (χ1v) is 9.59. The van der Waals surface area contributed by atoms with Crippen LogP contribution in [-0.2, 0) is 4.79 Å². The number of rotatable bonds is 16. The first kappa shape index (κ1) is 22.4. The molecule has 0 spiro atoms. The summed E-state index contributed by atoms with van der Waals surface area (Å²) in [6.07, 6.45) is 30.2. The van der Waals surface area contributed by atoms with Gasteiger partial charge in [-0.1, -0.05) is 74.8 Å². The fourth-order valence-corrected chi connectivity index (χ4v) is 2.28. The Bertz CT molecular complexity index is 389. The Balaban J connectivity index is 3.37. The van der Waals surface area contributed by atoms with E-state index in [1.807, 2.05) is 0 Å². The first-order valence-electron chi connectivity index (χ1n) is 9.59. The van der Waals surface area contributed by atoms with Crippen LogP contribution in [0, 0.1) is 0 Å². The van der Waals surface area contributed by atoms with Crippen molar-refractivity contribution in [1.29, 1.82) is 0 Å². The van der Waals surface area contributed by atoms with Crippen molar-refractivity contribution in [3.8, 4) is 0 Å².